The maximum Gasteiger partial charge on any atom is 0.419 e. The number of halogens is 4. The number of ketones is 1. The predicted octanol–water partition coefficient (Wildman–Crippen LogP) is 3.03. The van der Waals surface area contributed by atoms with Gasteiger partial charge in [0, 0.05) is 17.4 Å². The minimum absolute atomic E-state index is 0.0719. The van der Waals surface area contributed by atoms with Gasteiger partial charge in [0.05, 0.1) is 10.6 Å². The molecule has 1 heterocycles. The summed E-state index contributed by atoms with van der Waals surface area (Å²) >= 11 is 1.22. The van der Waals surface area contributed by atoms with Crippen LogP contribution in [0.25, 0.3) is 0 Å². The zero-order valence-electron chi connectivity index (χ0n) is 10.6. The quantitative estimate of drug-likeness (QED) is 0.696. The van der Waals surface area contributed by atoms with Crippen LogP contribution in [0.15, 0.2) is 23.6 Å². The Balaban J connectivity index is 2.29. The van der Waals surface area contributed by atoms with E-state index in [2.05, 4.69) is 4.98 Å². The van der Waals surface area contributed by atoms with Crippen LogP contribution in [0.4, 0.5) is 17.6 Å². The molecule has 0 radical (unpaired) electrons. The molecule has 0 aliphatic rings. The van der Waals surface area contributed by atoms with Gasteiger partial charge in [0.1, 0.15) is 11.5 Å². The van der Waals surface area contributed by atoms with E-state index >= 15 is 0 Å². The zero-order chi connectivity index (χ0) is 15.6. The van der Waals surface area contributed by atoms with Gasteiger partial charge in [-0.3, -0.25) is 4.79 Å². The molecule has 112 valence electrons. The molecule has 8 heteroatoms. The molecule has 0 spiro atoms. The van der Waals surface area contributed by atoms with Gasteiger partial charge in [0.25, 0.3) is 0 Å². The number of nitrogens with zero attached hydrogens (tertiary/aromatic N) is 1. The summed E-state index contributed by atoms with van der Waals surface area (Å²) in [5.74, 6) is -2.10. The third-order valence-electron chi connectivity index (χ3n) is 2.68. The fourth-order valence-corrected chi connectivity index (χ4v) is 2.48. The monoisotopic (exact) mass is 318 g/mol. The van der Waals surface area contributed by atoms with Crippen molar-refractivity contribution < 1.29 is 22.4 Å². The minimum Gasteiger partial charge on any atom is -0.330 e. The third-order valence-corrected chi connectivity index (χ3v) is 3.59. The molecule has 0 saturated heterocycles. The second-order valence-electron chi connectivity index (χ2n) is 4.19. The van der Waals surface area contributed by atoms with Crippen molar-refractivity contribution in [3.8, 4) is 0 Å². The third kappa shape index (κ3) is 3.45. The maximum atomic E-state index is 13.4. The number of aromatic nitrogens is 1. The first kappa shape index (κ1) is 15.6. The van der Waals surface area contributed by atoms with Crippen molar-refractivity contribution >= 4 is 17.1 Å². The number of benzene rings is 1. The molecule has 2 aromatic rings. The largest absolute Gasteiger partial charge is 0.419 e. The molecule has 21 heavy (non-hydrogen) atoms. The molecular weight excluding hydrogens is 308 g/mol. The molecule has 3 nitrogen and oxygen atoms in total. The second kappa shape index (κ2) is 5.90. The Morgan fingerprint density at radius 2 is 2.05 bits per heavy atom. The number of rotatable bonds is 4. The summed E-state index contributed by atoms with van der Waals surface area (Å²) < 4.78 is 50.8. The van der Waals surface area contributed by atoms with Crippen molar-refractivity contribution in [2.75, 3.05) is 6.54 Å². The lowest BCUT2D eigenvalue weighted by Crippen LogP contribution is -2.10. The van der Waals surface area contributed by atoms with Crippen molar-refractivity contribution in [1.29, 1.82) is 0 Å². The lowest BCUT2D eigenvalue weighted by molar-refractivity contribution is -0.140. The molecule has 1 aromatic carbocycles. The first-order valence-electron chi connectivity index (χ1n) is 5.89. The van der Waals surface area contributed by atoms with Gasteiger partial charge in [-0.15, -0.1) is 11.3 Å². The molecule has 2 N–H and O–H groups in total. The van der Waals surface area contributed by atoms with E-state index in [-0.39, 0.29) is 11.3 Å². The van der Waals surface area contributed by atoms with Crippen LogP contribution in [-0.4, -0.2) is 17.3 Å². The second-order valence-corrected chi connectivity index (χ2v) is 5.13. The Morgan fingerprint density at radius 1 is 1.33 bits per heavy atom. The van der Waals surface area contributed by atoms with Crippen molar-refractivity contribution in [3.05, 3.63) is 51.2 Å². The molecule has 0 atom stereocenters. The molecule has 0 amide bonds. The number of thiazole rings is 1. The highest BCUT2D eigenvalue weighted by Crippen LogP contribution is 2.31. The molecule has 0 fully saturated rings. The van der Waals surface area contributed by atoms with E-state index in [1.54, 1.807) is 0 Å². The fraction of sp³-hybridized carbons (Fsp3) is 0.231. The van der Waals surface area contributed by atoms with Gasteiger partial charge in [0.15, 0.2) is 0 Å². The van der Waals surface area contributed by atoms with Crippen LogP contribution < -0.4 is 5.73 Å². The van der Waals surface area contributed by atoms with Gasteiger partial charge >= 0.3 is 6.18 Å². The van der Waals surface area contributed by atoms with Crippen molar-refractivity contribution in [2.45, 2.75) is 12.6 Å². The van der Waals surface area contributed by atoms with Crippen molar-refractivity contribution in [2.24, 2.45) is 5.73 Å². The van der Waals surface area contributed by atoms with Gasteiger partial charge in [-0.05, 0) is 18.7 Å². The SMILES string of the molecule is NCCc1nc(C(=O)c2ccc(C(F)(F)F)c(F)c2)cs1. The Bertz CT molecular complexity index is 666. The Hall–Kier alpha value is -1.80. The molecule has 2 rings (SSSR count). The molecule has 0 aliphatic carbocycles. The maximum absolute atomic E-state index is 13.4. The molecule has 0 aliphatic heterocycles. The number of hydrogen-bond donors (Lipinski definition) is 1. The number of carbonyl (C=O) groups excluding carboxylic acids is 1. The van der Waals surface area contributed by atoms with Crippen molar-refractivity contribution in [1.82, 2.24) is 4.98 Å². The van der Waals surface area contributed by atoms with Gasteiger partial charge in [-0.25, -0.2) is 9.37 Å². The van der Waals surface area contributed by atoms with E-state index in [9.17, 15) is 22.4 Å². The lowest BCUT2D eigenvalue weighted by Gasteiger charge is -2.08. The van der Waals surface area contributed by atoms with Crippen LogP contribution in [0.1, 0.15) is 26.6 Å². The van der Waals surface area contributed by atoms with E-state index < -0.39 is 23.3 Å². The van der Waals surface area contributed by atoms with Gasteiger partial charge in [-0.2, -0.15) is 13.2 Å². The highest BCUT2D eigenvalue weighted by molar-refractivity contribution is 7.09. The number of nitrogens with two attached hydrogens (primary N) is 1. The Morgan fingerprint density at radius 3 is 2.62 bits per heavy atom. The number of carbonyl (C=O) groups is 1. The highest BCUT2D eigenvalue weighted by atomic mass is 32.1. The van der Waals surface area contributed by atoms with Crippen molar-refractivity contribution in [3.63, 3.8) is 0 Å². The summed E-state index contributed by atoms with van der Waals surface area (Å²) in [4.78, 5) is 16.1. The summed E-state index contributed by atoms with van der Waals surface area (Å²) in [5, 5.41) is 2.12. The molecular formula is C13H10F4N2OS. The summed E-state index contributed by atoms with van der Waals surface area (Å²) in [5.41, 5.74) is 3.85. The molecule has 1 aromatic heterocycles. The summed E-state index contributed by atoms with van der Waals surface area (Å²) in [6.45, 7) is 0.371. The average molecular weight is 318 g/mol. The Labute approximate surface area is 121 Å². The molecule has 0 unspecified atom stereocenters. The molecule has 0 saturated carbocycles. The number of alkyl halides is 3. The van der Waals surface area contributed by atoms with Crippen LogP contribution >= 0.6 is 11.3 Å². The van der Waals surface area contributed by atoms with Crippen LogP contribution in [0, 0.1) is 5.82 Å². The standard InChI is InChI=1S/C13H10F4N2OS/c14-9-5-7(1-2-8(9)13(15,16)17)12(20)10-6-21-11(19-10)3-4-18/h1-2,5-6H,3-4,18H2. The molecule has 0 bridgehead atoms. The van der Waals surface area contributed by atoms with E-state index in [1.807, 2.05) is 0 Å². The summed E-state index contributed by atoms with van der Waals surface area (Å²) in [7, 11) is 0. The summed E-state index contributed by atoms with van der Waals surface area (Å²) in [6.07, 6.45) is -4.29. The Kier molecular flexibility index (Phi) is 4.38. The number of hydrogen-bond acceptors (Lipinski definition) is 4. The van der Waals surface area contributed by atoms with Crippen LogP contribution in [0.5, 0.6) is 0 Å². The van der Waals surface area contributed by atoms with E-state index in [1.165, 1.54) is 16.7 Å². The normalized spacial score (nSPS) is 11.7. The van der Waals surface area contributed by atoms with Crippen LogP contribution in [0.2, 0.25) is 0 Å². The van der Waals surface area contributed by atoms with Crippen LogP contribution in [-0.2, 0) is 12.6 Å². The predicted molar refractivity (Wildman–Crippen MR) is 69.7 cm³/mol. The summed E-state index contributed by atoms with van der Waals surface area (Å²) in [6, 6.07) is 2.07. The van der Waals surface area contributed by atoms with E-state index in [4.69, 9.17) is 5.73 Å². The minimum atomic E-state index is -4.79. The van der Waals surface area contributed by atoms with E-state index in [0.717, 1.165) is 6.07 Å². The smallest absolute Gasteiger partial charge is 0.330 e. The van der Waals surface area contributed by atoms with E-state index in [0.29, 0.717) is 30.1 Å². The first-order chi connectivity index (χ1) is 9.82. The topological polar surface area (TPSA) is 56.0 Å². The van der Waals surface area contributed by atoms with Gasteiger partial charge < -0.3 is 5.73 Å². The highest BCUT2D eigenvalue weighted by Gasteiger charge is 2.34. The average Bonchev–Trinajstić information content (AvgIpc) is 2.85. The zero-order valence-corrected chi connectivity index (χ0v) is 11.4. The first-order valence-corrected chi connectivity index (χ1v) is 6.77. The van der Waals surface area contributed by atoms with Gasteiger partial charge in [-0.1, -0.05) is 6.07 Å². The van der Waals surface area contributed by atoms with Gasteiger partial charge in [0.2, 0.25) is 5.78 Å². The van der Waals surface area contributed by atoms with Crippen LogP contribution in [0.3, 0.4) is 0 Å². The fourth-order valence-electron chi connectivity index (χ4n) is 1.69. The lowest BCUT2D eigenvalue weighted by atomic mass is 10.1.